The quantitative estimate of drug-likeness (QED) is 0.937. The van der Waals surface area contributed by atoms with Gasteiger partial charge < -0.3 is 15.4 Å². The molecule has 21 heavy (non-hydrogen) atoms. The molecule has 1 aromatic carbocycles. The number of fused-ring (bicyclic) bond motifs is 1. The van der Waals surface area contributed by atoms with Crippen LogP contribution in [0.4, 0.5) is 10.1 Å². The Morgan fingerprint density at radius 2 is 2.24 bits per heavy atom. The molecule has 0 aliphatic carbocycles. The van der Waals surface area contributed by atoms with Crippen molar-refractivity contribution in [1.29, 1.82) is 0 Å². The Morgan fingerprint density at radius 3 is 2.90 bits per heavy atom. The third kappa shape index (κ3) is 2.56. The van der Waals surface area contributed by atoms with Gasteiger partial charge in [-0.25, -0.2) is 9.37 Å². The molecule has 0 fully saturated rings. The molecule has 1 unspecified atom stereocenters. The van der Waals surface area contributed by atoms with Crippen molar-refractivity contribution in [2.45, 2.75) is 12.5 Å². The summed E-state index contributed by atoms with van der Waals surface area (Å²) >= 11 is 0. The topological polar surface area (TPSA) is 51.4 Å². The summed E-state index contributed by atoms with van der Waals surface area (Å²) in [4.78, 5) is 6.39. The molecule has 0 spiro atoms. The fraction of sp³-hybridized carbons (Fsp3) is 0.312. The zero-order valence-corrected chi connectivity index (χ0v) is 11.9. The van der Waals surface area contributed by atoms with Gasteiger partial charge in [-0.3, -0.25) is 0 Å². The van der Waals surface area contributed by atoms with Crippen molar-refractivity contribution in [1.82, 2.24) is 4.98 Å². The summed E-state index contributed by atoms with van der Waals surface area (Å²) in [6.45, 7) is 1.29. The minimum absolute atomic E-state index is 0.00791. The van der Waals surface area contributed by atoms with Gasteiger partial charge in [0.2, 0.25) is 5.88 Å². The summed E-state index contributed by atoms with van der Waals surface area (Å²) in [5.74, 6) is 0.353. The first kappa shape index (κ1) is 13.8. The lowest BCUT2D eigenvalue weighted by Crippen LogP contribution is -2.32. The van der Waals surface area contributed by atoms with Crippen molar-refractivity contribution in [2.75, 3.05) is 25.1 Å². The molecule has 110 valence electrons. The minimum atomic E-state index is -0.218. The van der Waals surface area contributed by atoms with Crippen LogP contribution in [0, 0.1) is 5.82 Å². The van der Waals surface area contributed by atoms with Crippen LogP contribution in [0.2, 0.25) is 0 Å². The van der Waals surface area contributed by atoms with Crippen molar-refractivity contribution >= 4 is 5.69 Å². The van der Waals surface area contributed by atoms with E-state index < -0.39 is 0 Å². The smallest absolute Gasteiger partial charge is 0.212 e. The largest absolute Gasteiger partial charge is 0.481 e. The van der Waals surface area contributed by atoms with Gasteiger partial charge in [-0.15, -0.1) is 0 Å². The number of anilines is 1. The van der Waals surface area contributed by atoms with Gasteiger partial charge in [-0.2, -0.15) is 0 Å². The summed E-state index contributed by atoms with van der Waals surface area (Å²) in [7, 11) is 1.59. The molecule has 1 aromatic heterocycles. The second-order valence-corrected chi connectivity index (χ2v) is 5.10. The lowest BCUT2D eigenvalue weighted by atomic mass is 10.1. The molecule has 2 N–H and O–H groups in total. The van der Waals surface area contributed by atoms with Crippen LogP contribution in [0.25, 0.3) is 0 Å². The SMILES string of the molecule is COc1ccc(C(CN)N2CCc3ccc(F)cc32)cn1. The monoisotopic (exact) mass is 287 g/mol. The number of hydrogen-bond donors (Lipinski definition) is 1. The van der Waals surface area contributed by atoms with Crippen LogP contribution in [0.1, 0.15) is 17.2 Å². The van der Waals surface area contributed by atoms with Gasteiger partial charge in [0.25, 0.3) is 0 Å². The Hall–Kier alpha value is -2.14. The van der Waals surface area contributed by atoms with Gasteiger partial charge in [0.15, 0.2) is 0 Å². The fourth-order valence-electron chi connectivity index (χ4n) is 2.85. The second kappa shape index (κ2) is 5.69. The average molecular weight is 287 g/mol. The highest BCUT2D eigenvalue weighted by atomic mass is 19.1. The Labute approximate surface area is 123 Å². The number of ether oxygens (including phenoxy) is 1. The van der Waals surface area contributed by atoms with Gasteiger partial charge >= 0.3 is 0 Å². The number of nitrogens with two attached hydrogens (primary N) is 1. The molecule has 0 amide bonds. The van der Waals surface area contributed by atoms with E-state index in [0.717, 1.165) is 29.8 Å². The summed E-state index contributed by atoms with van der Waals surface area (Å²) < 4.78 is 18.6. The Morgan fingerprint density at radius 1 is 1.38 bits per heavy atom. The molecular weight excluding hydrogens is 269 g/mol. The highest BCUT2D eigenvalue weighted by molar-refractivity contribution is 5.59. The summed E-state index contributed by atoms with van der Waals surface area (Å²) in [6.07, 6.45) is 2.68. The van der Waals surface area contributed by atoms with E-state index in [1.807, 2.05) is 18.2 Å². The standard InChI is InChI=1S/C16H18FN3O/c1-21-16-5-3-12(10-19-16)15(9-18)20-7-6-11-2-4-13(17)8-14(11)20/h2-5,8,10,15H,6-7,9,18H2,1H3. The molecule has 1 aliphatic rings. The number of nitrogens with zero attached hydrogens (tertiary/aromatic N) is 2. The predicted octanol–water partition coefficient (Wildman–Crippen LogP) is 2.29. The van der Waals surface area contributed by atoms with E-state index in [9.17, 15) is 4.39 Å². The molecule has 0 bridgehead atoms. The highest BCUT2D eigenvalue weighted by Crippen LogP contribution is 2.35. The fourth-order valence-corrected chi connectivity index (χ4v) is 2.85. The number of halogens is 1. The number of rotatable bonds is 4. The van der Waals surface area contributed by atoms with Crippen molar-refractivity contribution in [3.8, 4) is 5.88 Å². The predicted molar refractivity (Wildman–Crippen MR) is 80.0 cm³/mol. The average Bonchev–Trinajstić information content (AvgIpc) is 2.92. The first-order chi connectivity index (χ1) is 10.2. The molecular formula is C16H18FN3O. The van der Waals surface area contributed by atoms with Crippen LogP contribution < -0.4 is 15.4 Å². The van der Waals surface area contributed by atoms with Gasteiger partial charge in [0, 0.05) is 31.0 Å². The minimum Gasteiger partial charge on any atom is -0.481 e. The Kier molecular flexibility index (Phi) is 3.75. The molecule has 4 nitrogen and oxygen atoms in total. The van der Waals surface area contributed by atoms with E-state index in [1.165, 1.54) is 6.07 Å². The zero-order chi connectivity index (χ0) is 14.8. The third-order valence-electron chi connectivity index (χ3n) is 3.93. The van der Waals surface area contributed by atoms with Gasteiger partial charge in [0.1, 0.15) is 5.82 Å². The van der Waals surface area contributed by atoms with E-state index >= 15 is 0 Å². The van der Waals surface area contributed by atoms with Crippen molar-refractivity contribution in [3.63, 3.8) is 0 Å². The molecule has 1 atom stereocenters. The summed E-state index contributed by atoms with van der Waals surface area (Å²) in [5.41, 5.74) is 9.06. The molecule has 2 heterocycles. The number of pyridine rings is 1. The van der Waals surface area contributed by atoms with Crippen LogP contribution in [0.3, 0.4) is 0 Å². The van der Waals surface area contributed by atoms with E-state index in [4.69, 9.17) is 10.5 Å². The number of hydrogen-bond acceptors (Lipinski definition) is 4. The van der Waals surface area contributed by atoms with Crippen LogP contribution >= 0.6 is 0 Å². The number of benzene rings is 1. The lowest BCUT2D eigenvalue weighted by molar-refractivity contribution is 0.397. The van der Waals surface area contributed by atoms with E-state index in [1.54, 1.807) is 19.4 Å². The van der Waals surface area contributed by atoms with Gasteiger partial charge in [-0.1, -0.05) is 12.1 Å². The molecule has 0 radical (unpaired) electrons. The highest BCUT2D eigenvalue weighted by Gasteiger charge is 2.27. The first-order valence-corrected chi connectivity index (χ1v) is 6.98. The maximum Gasteiger partial charge on any atom is 0.212 e. The third-order valence-corrected chi connectivity index (χ3v) is 3.93. The van der Waals surface area contributed by atoms with Gasteiger partial charge in [-0.05, 0) is 29.7 Å². The zero-order valence-electron chi connectivity index (χ0n) is 11.9. The van der Waals surface area contributed by atoms with Crippen LogP contribution in [-0.2, 0) is 6.42 Å². The molecule has 1 aliphatic heterocycles. The summed E-state index contributed by atoms with van der Waals surface area (Å²) in [5, 5.41) is 0. The maximum absolute atomic E-state index is 13.5. The van der Waals surface area contributed by atoms with Crippen molar-refractivity contribution in [2.24, 2.45) is 5.73 Å². The lowest BCUT2D eigenvalue weighted by Gasteiger charge is -2.29. The first-order valence-electron chi connectivity index (χ1n) is 6.98. The molecule has 0 saturated carbocycles. The van der Waals surface area contributed by atoms with Crippen LogP contribution in [0.5, 0.6) is 5.88 Å². The molecule has 2 aromatic rings. The normalized spacial score (nSPS) is 14.9. The number of methoxy groups -OCH3 is 1. The summed E-state index contributed by atoms with van der Waals surface area (Å²) in [6, 6.07) is 8.72. The Balaban J connectivity index is 1.93. The van der Waals surface area contributed by atoms with E-state index in [2.05, 4.69) is 9.88 Å². The maximum atomic E-state index is 13.5. The molecule has 0 saturated heterocycles. The second-order valence-electron chi connectivity index (χ2n) is 5.10. The molecule has 5 heteroatoms. The van der Waals surface area contributed by atoms with E-state index in [-0.39, 0.29) is 11.9 Å². The van der Waals surface area contributed by atoms with Crippen LogP contribution in [-0.4, -0.2) is 25.2 Å². The van der Waals surface area contributed by atoms with E-state index in [0.29, 0.717) is 12.4 Å². The van der Waals surface area contributed by atoms with Crippen molar-refractivity contribution in [3.05, 3.63) is 53.5 Å². The Bertz CT molecular complexity index is 630. The number of aromatic nitrogens is 1. The van der Waals surface area contributed by atoms with Crippen LogP contribution in [0.15, 0.2) is 36.5 Å². The van der Waals surface area contributed by atoms with Crippen molar-refractivity contribution < 1.29 is 9.13 Å². The van der Waals surface area contributed by atoms with Gasteiger partial charge in [0.05, 0.1) is 13.2 Å². The molecule has 3 rings (SSSR count).